The maximum absolute atomic E-state index is 12.8. The summed E-state index contributed by atoms with van der Waals surface area (Å²) in [6.45, 7) is -0.195. The van der Waals surface area contributed by atoms with E-state index in [1.165, 1.54) is 48.5 Å². The first-order valence-corrected chi connectivity index (χ1v) is 9.22. The monoisotopic (exact) mass is 457 g/mol. The van der Waals surface area contributed by atoms with Gasteiger partial charge in [0.1, 0.15) is 41.2 Å². The molecular weight excluding hydrogens is 443 g/mol. The second-order valence-electron chi connectivity index (χ2n) is 6.52. The summed E-state index contributed by atoms with van der Waals surface area (Å²) in [5, 5.41) is 22.7. The maximum Gasteiger partial charge on any atom is 0.416 e. The van der Waals surface area contributed by atoms with Gasteiger partial charge in [0.2, 0.25) is 0 Å². The molecule has 0 saturated heterocycles. The lowest BCUT2D eigenvalue weighted by Gasteiger charge is -2.09. The number of halogens is 3. The van der Waals surface area contributed by atoms with E-state index < -0.39 is 22.6 Å². The third-order valence-corrected chi connectivity index (χ3v) is 4.23. The summed E-state index contributed by atoms with van der Waals surface area (Å²) in [5.74, 6) is -0.563. The van der Waals surface area contributed by atoms with Crippen molar-refractivity contribution in [3.63, 3.8) is 0 Å². The number of hydrogen-bond acceptors (Lipinski definition) is 6. The number of nitrogens with zero attached hydrogens (tertiary/aromatic N) is 2. The van der Waals surface area contributed by atoms with Crippen LogP contribution in [0.1, 0.15) is 17.1 Å². The first kappa shape index (κ1) is 23.1. The molecule has 11 heteroatoms. The Morgan fingerprint density at radius 2 is 1.94 bits per heavy atom. The predicted octanol–water partition coefficient (Wildman–Crippen LogP) is 5.33. The molecule has 0 aliphatic rings. The number of alkyl halides is 3. The molecule has 0 spiro atoms. The van der Waals surface area contributed by atoms with Crippen LogP contribution in [-0.4, -0.2) is 10.8 Å². The fourth-order valence-corrected chi connectivity index (χ4v) is 2.69. The predicted molar refractivity (Wildman–Crippen MR) is 110 cm³/mol. The first-order chi connectivity index (χ1) is 15.7. The summed E-state index contributed by atoms with van der Waals surface area (Å²) in [5.41, 5.74) is -1.65. The van der Waals surface area contributed by atoms with Crippen LogP contribution < -0.4 is 10.1 Å². The van der Waals surface area contributed by atoms with Crippen molar-refractivity contribution in [2.45, 2.75) is 12.8 Å². The molecular formula is C22H14F3N3O5. The van der Waals surface area contributed by atoms with E-state index >= 15 is 0 Å². The van der Waals surface area contributed by atoms with Crippen molar-refractivity contribution in [1.29, 1.82) is 5.26 Å². The van der Waals surface area contributed by atoms with Crippen molar-refractivity contribution in [2.75, 3.05) is 5.32 Å². The van der Waals surface area contributed by atoms with Crippen molar-refractivity contribution in [1.82, 2.24) is 0 Å². The van der Waals surface area contributed by atoms with Gasteiger partial charge in [0.05, 0.1) is 10.5 Å². The summed E-state index contributed by atoms with van der Waals surface area (Å²) >= 11 is 0. The van der Waals surface area contributed by atoms with Gasteiger partial charge in [-0.1, -0.05) is 18.2 Å². The standard InChI is InChI=1S/C22H14F3N3O5/c23-22(24,25)15-4-3-5-16(11-15)32-13-18-9-8-17(33-18)10-14(12-26)21(29)27-19-6-1-2-7-20(19)28(30)31/h1-11H,13H2,(H,27,29)/b14-10+. The highest BCUT2D eigenvalue weighted by Gasteiger charge is 2.30. The van der Waals surface area contributed by atoms with Crippen molar-refractivity contribution in [3.05, 3.63) is 93.4 Å². The van der Waals surface area contributed by atoms with E-state index in [1.54, 1.807) is 6.07 Å². The van der Waals surface area contributed by atoms with Crippen LogP contribution >= 0.6 is 0 Å². The largest absolute Gasteiger partial charge is 0.486 e. The molecule has 0 fully saturated rings. The molecule has 1 amide bonds. The molecule has 0 saturated carbocycles. The number of benzene rings is 2. The third kappa shape index (κ3) is 5.98. The van der Waals surface area contributed by atoms with Crippen molar-refractivity contribution >= 4 is 23.4 Å². The molecule has 1 heterocycles. The second kappa shape index (κ2) is 9.69. The molecule has 0 radical (unpaired) electrons. The molecule has 1 aromatic heterocycles. The zero-order valence-corrected chi connectivity index (χ0v) is 16.6. The number of amides is 1. The summed E-state index contributed by atoms with van der Waals surface area (Å²) < 4.78 is 49.1. The summed E-state index contributed by atoms with van der Waals surface area (Å²) in [6, 6.07) is 14.4. The van der Waals surface area contributed by atoms with Crippen LogP contribution in [0.2, 0.25) is 0 Å². The normalized spacial score (nSPS) is 11.5. The molecule has 168 valence electrons. The van der Waals surface area contributed by atoms with Crippen molar-refractivity contribution < 1.29 is 32.0 Å². The van der Waals surface area contributed by atoms with Crippen LogP contribution in [0.15, 0.2) is 70.7 Å². The quantitative estimate of drug-likeness (QED) is 0.222. The maximum atomic E-state index is 12.8. The number of nitro groups is 1. The van der Waals surface area contributed by atoms with Gasteiger partial charge in [0, 0.05) is 12.1 Å². The van der Waals surface area contributed by atoms with Crippen LogP contribution in [0, 0.1) is 21.4 Å². The molecule has 8 nitrogen and oxygen atoms in total. The van der Waals surface area contributed by atoms with E-state index in [0.29, 0.717) is 0 Å². The number of nitrogens with one attached hydrogen (secondary N) is 1. The molecule has 0 bridgehead atoms. The number of furan rings is 1. The Morgan fingerprint density at radius 3 is 2.64 bits per heavy atom. The Kier molecular flexibility index (Phi) is 6.78. The number of carbonyl (C=O) groups is 1. The Balaban J connectivity index is 1.69. The number of para-hydroxylation sites is 2. The fraction of sp³-hybridized carbons (Fsp3) is 0.0909. The molecule has 0 aliphatic heterocycles. The van der Waals surface area contributed by atoms with Gasteiger partial charge >= 0.3 is 6.18 Å². The second-order valence-corrected chi connectivity index (χ2v) is 6.52. The van der Waals surface area contributed by atoms with Gasteiger partial charge < -0.3 is 14.5 Å². The summed E-state index contributed by atoms with van der Waals surface area (Å²) in [6.07, 6.45) is -3.38. The van der Waals surface area contributed by atoms with Crippen LogP contribution in [0.25, 0.3) is 6.08 Å². The van der Waals surface area contributed by atoms with E-state index in [0.717, 1.165) is 18.2 Å². The van der Waals surface area contributed by atoms with E-state index in [-0.39, 0.29) is 40.8 Å². The summed E-state index contributed by atoms with van der Waals surface area (Å²) in [7, 11) is 0. The fourth-order valence-electron chi connectivity index (χ4n) is 2.69. The van der Waals surface area contributed by atoms with Crippen molar-refractivity contribution in [3.8, 4) is 11.8 Å². The Hall–Kier alpha value is -4.59. The van der Waals surface area contributed by atoms with Crippen LogP contribution in [0.5, 0.6) is 5.75 Å². The minimum absolute atomic E-state index is 0.0140. The number of nitro benzene ring substituents is 1. The number of hydrogen-bond donors (Lipinski definition) is 1. The SMILES string of the molecule is N#C/C(=C\c1ccc(COc2cccc(C(F)(F)F)c2)o1)C(=O)Nc1ccccc1[N+](=O)[O-]. The van der Waals surface area contributed by atoms with Crippen LogP contribution in [-0.2, 0) is 17.6 Å². The van der Waals surface area contributed by atoms with E-state index in [2.05, 4.69) is 5.32 Å². The topological polar surface area (TPSA) is 118 Å². The Morgan fingerprint density at radius 1 is 1.18 bits per heavy atom. The molecule has 1 N–H and O–H groups in total. The number of carbonyl (C=O) groups excluding carboxylic acids is 1. The third-order valence-electron chi connectivity index (χ3n) is 4.23. The molecule has 3 aromatic rings. The minimum atomic E-state index is -4.50. The highest BCUT2D eigenvalue weighted by Crippen LogP contribution is 2.31. The van der Waals surface area contributed by atoms with E-state index in [1.807, 2.05) is 0 Å². The van der Waals surface area contributed by atoms with Gasteiger partial charge in [-0.2, -0.15) is 18.4 Å². The van der Waals surface area contributed by atoms with Gasteiger partial charge in [0.15, 0.2) is 0 Å². The van der Waals surface area contributed by atoms with E-state index in [4.69, 9.17) is 9.15 Å². The minimum Gasteiger partial charge on any atom is -0.486 e. The lowest BCUT2D eigenvalue weighted by atomic mass is 10.2. The highest BCUT2D eigenvalue weighted by molar-refractivity contribution is 6.10. The Bertz CT molecular complexity index is 1260. The van der Waals surface area contributed by atoms with Gasteiger partial charge in [-0.25, -0.2) is 0 Å². The van der Waals surface area contributed by atoms with Crippen LogP contribution in [0.3, 0.4) is 0 Å². The van der Waals surface area contributed by atoms with Gasteiger partial charge in [-0.05, 0) is 36.4 Å². The van der Waals surface area contributed by atoms with Crippen molar-refractivity contribution in [2.24, 2.45) is 0 Å². The average Bonchev–Trinajstić information content (AvgIpc) is 3.23. The molecule has 0 aliphatic carbocycles. The number of ether oxygens (including phenoxy) is 1. The number of rotatable bonds is 7. The lowest BCUT2D eigenvalue weighted by molar-refractivity contribution is -0.383. The lowest BCUT2D eigenvalue weighted by Crippen LogP contribution is -2.14. The molecule has 0 atom stereocenters. The average molecular weight is 457 g/mol. The number of nitriles is 1. The smallest absolute Gasteiger partial charge is 0.416 e. The van der Waals surface area contributed by atoms with Gasteiger partial charge in [-0.3, -0.25) is 14.9 Å². The Labute approximate surface area is 184 Å². The van der Waals surface area contributed by atoms with Gasteiger partial charge in [-0.15, -0.1) is 0 Å². The molecule has 0 unspecified atom stereocenters. The zero-order chi connectivity index (χ0) is 24.0. The van der Waals surface area contributed by atoms with Crippen LogP contribution in [0.4, 0.5) is 24.5 Å². The zero-order valence-electron chi connectivity index (χ0n) is 16.6. The highest BCUT2D eigenvalue weighted by atomic mass is 19.4. The molecule has 2 aromatic carbocycles. The number of anilines is 1. The molecule has 3 rings (SSSR count). The van der Waals surface area contributed by atoms with E-state index in [9.17, 15) is 33.3 Å². The first-order valence-electron chi connectivity index (χ1n) is 9.22. The summed E-state index contributed by atoms with van der Waals surface area (Å²) in [4.78, 5) is 22.8. The van der Waals surface area contributed by atoms with Gasteiger partial charge in [0.25, 0.3) is 11.6 Å². The molecule has 33 heavy (non-hydrogen) atoms.